The lowest BCUT2D eigenvalue weighted by Gasteiger charge is -2.07. The number of rotatable bonds is 8. The van der Waals surface area contributed by atoms with Crippen molar-refractivity contribution in [2.75, 3.05) is 19.7 Å². The van der Waals surface area contributed by atoms with Gasteiger partial charge in [-0.3, -0.25) is 14.4 Å². The van der Waals surface area contributed by atoms with Gasteiger partial charge >= 0.3 is 5.97 Å². The number of amides is 2. The lowest BCUT2D eigenvalue weighted by molar-refractivity contribution is -0.147. The van der Waals surface area contributed by atoms with E-state index in [1.807, 2.05) is 30.3 Å². The third-order valence-corrected chi connectivity index (χ3v) is 3.95. The Labute approximate surface area is 143 Å². The van der Waals surface area contributed by atoms with Gasteiger partial charge in [0.1, 0.15) is 6.54 Å². The molecule has 1 aromatic carbocycles. The van der Waals surface area contributed by atoms with E-state index in [0.717, 1.165) is 5.56 Å². The van der Waals surface area contributed by atoms with E-state index < -0.39 is 5.97 Å². The molecule has 0 aliphatic rings. The highest BCUT2D eigenvalue weighted by Crippen LogP contribution is 2.07. The van der Waals surface area contributed by atoms with Crippen LogP contribution in [0.1, 0.15) is 15.2 Å². The van der Waals surface area contributed by atoms with Crippen molar-refractivity contribution in [2.45, 2.75) is 6.42 Å². The number of thiophene rings is 1. The van der Waals surface area contributed by atoms with E-state index in [9.17, 15) is 14.4 Å². The maximum Gasteiger partial charge on any atom is 0.325 e. The first-order chi connectivity index (χ1) is 11.6. The van der Waals surface area contributed by atoms with Crippen LogP contribution in [0.4, 0.5) is 0 Å². The van der Waals surface area contributed by atoms with Gasteiger partial charge in [0.05, 0.1) is 4.88 Å². The molecule has 0 unspecified atom stereocenters. The fourth-order valence-corrected chi connectivity index (χ4v) is 2.53. The normalized spacial score (nSPS) is 10.0. The van der Waals surface area contributed by atoms with E-state index in [1.54, 1.807) is 17.5 Å². The molecule has 2 N–H and O–H groups in total. The summed E-state index contributed by atoms with van der Waals surface area (Å²) < 4.78 is 4.81. The molecule has 0 radical (unpaired) electrons. The van der Waals surface area contributed by atoms with Gasteiger partial charge in [0.25, 0.3) is 11.8 Å². The highest BCUT2D eigenvalue weighted by molar-refractivity contribution is 7.12. The molecule has 2 rings (SSSR count). The first-order valence-corrected chi connectivity index (χ1v) is 8.31. The summed E-state index contributed by atoms with van der Waals surface area (Å²) in [7, 11) is 0. The van der Waals surface area contributed by atoms with E-state index in [1.165, 1.54) is 11.3 Å². The Morgan fingerprint density at radius 2 is 1.79 bits per heavy atom. The molecule has 0 saturated carbocycles. The number of ether oxygens (including phenoxy) is 1. The Kier molecular flexibility index (Phi) is 6.97. The van der Waals surface area contributed by atoms with Crippen molar-refractivity contribution in [1.29, 1.82) is 0 Å². The SMILES string of the molecule is O=C(COC(=O)CNC(=O)c1cccs1)NCCc1ccccc1. The summed E-state index contributed by atoms with van der Waals surface area (Å²) in [5, 5.41) is 6.88. The highest BCUT2D eigenvalue weighted by Gasteiger charge is 2.11. The van der Waals surface area contributed by atoms with Crippen molar-refractivity contribution in [3.8, 4) is 0 Å². The molecule has 1 heterocycles. The fraction of sp³-hybridized carbons (Fsp3) is 0.235. The lowest BCUT2D eigenvalue weighted by atomic mass is 10.1. The zero-order valence-corrected chi connectivity index (χ0v) is 13.8. The molecule has 0 fully saturated rings. The van der Waals surface area contributed by atoms with E-state index in [2.05, 4.69) is 10.6 Å². The average Bonchev–Trinajstić information content (AvgIpc) is 3.13. The van der Waals surface area contributed by atoms with Crippen LogP contribution in [0.25, 0.3) is 0 Å². The van der Waals surface area contributed by atoms with Crippen molar-refractivity contribution < 1.29 is 19.1 Å². The van der Waals surface area contributed by atoms with Gasteiger partial charge in [-0.05, 0) is 23.4 Å². The van der Waals surface area contributed by atoms with Gasteiger partial charge in [-0.15, -0.1) is 11.3 Å². The van der Waals surface area contributed by atoms with Crippen molar-refractivity contribution in [1.82, 2.24) is 10.6 Å². The fourth-order valence-electron chi connectivity index (χ4n) is 1.89. The largest absolute Gasteiger partial charge is 0.454 e. The molecule has 0 aliphatic carbocycles. The van der Waals surface area contributed by atoms with Gasteiger partial charge in [-0.2, -0.15) is 0 Å². The standard InChI is InChI=1S/C17H18N2O4S/c20-15(18-9-8-13-5-2-1-3-6-13)12-23-16(21)11-19-17(22)14-7-4-10-24-14/h1-7,10H,8-9,11-12H2,(H,18,20)(H,19,22). The van der Waals surface area contributed by atoms with E-state index in [4.69, 9.17) is 4.74 Å². The number of hydrogen-bond donors (Lipinski definition) is 2. The van der Waals surface area contributed by atoms with Crippen LogP contribution in [0.5, 0.6) is 0 Å². The first-order valence-electron chi connectivity index (χ1n) is 7.43. The van der Waals surface area contributed by atoms with Crippen molar-refractivity contribution in [3.63, 3.8) is 0 Å². The maximum atomic E-state index is 11.6. The minimum absolute atomic E-state index is 0.270. The second-order valence-electron chi connectivity index (χ2n) is 4.91. The van der Waals surface area contributed by atoms with Gasteiger partial charge < -0.3 is 15.4 Å². The van der Waals surface area contributed by atoms with E-state index in [0.29, 0.717) is 17.8 Å². The maximum absolute atomic E-state index is 11.6. The Hall–Kier alpha value is -2.67. The number of esters is 1. The predicted octanol–water partition coefficient (Wildman–Crippen LogP) is 1.38. The summed E-state index contributed by atoms with van der Waals surface area (Å²) in [5.74, 6) is -1.36. The Balaban J connectivity index is 1.57. The molecule has 0 spiro atoms. The Morgan fingerprint density at radius 3 is 2.50 bits per heavy atom. The minimum atomic E-state index is -0.655. The molecule has 0 atom stereocenters. The zero-order chi connectivity index (χ0) is 17.2. The molecule has 24 heavy (non-hydrogen) atoms. The van der Waals surface area contributed by atoms with Gasteiger partial charge in [0.2, 0.25) is 0 Å². The summed E-state index contributed by atoms with van der Waals surface area (Å²) in [6.07, 6.45) is 0.706. The predicted molar refractivity (Wildman–Crippen MR) is 90.8 cm³/mol. The summed E-state index contributed by atoms with van der Waals surface area (Å²) in [6, 6.07) is 13.2. The van der Waals surface area contributed by atoms with Crippen LogP contribution in [-0.4, -0.2) is 37.5 Å². The second kappa shape index (κ2) is 9.46. The lowest BCUT2D eigenvalue weighted by Crippen LogP contribution is -2.34. The van der Waals surface area contributed by atoms with Crippen LogP contribution in [-0.2, 0) is 20.7 Å². The Bertz CT molecular complexity index is 671. The van der Waals surface area contributed by atoms with Gasteiger partial charge in [0.15, 0.2) is 6.61 Å². The topological polar surface area (TPSA) is 84.5 Å². The summed E-state index contributed by atoms with van der Waals surface area (Å²) in [4.78, 5) is 35.2. The van der Waals surface area contributed by atoms with Crippen LogP contribution in [0.2, 0.25) is 0 Å². The smallest absolute Gasteiger partial charge is 0.325 e. The molecule has 0 saturated heterocycles. The van der Waals surface area contributed by atoms with Gasteiger partial charge in [-0.25, -0.2) is 0 Å². The molecule has 0 aliphatic heterocycles. The van der Waals surface area contributed by atoms with Crippen molar-refractivity contribution in [3.05, 3.63) is 58.3 Å². The van der Waals surface area contributed by atoms with E-state index in [-0.39, 0.29) is 25.0 Å². The summed E-state index contributed by atoms with van der Waals surface area (Å²) in [6.45, 7) is -0.161. The summed E-state index contributed by atoms with van der Waals surface area (Å²) in [5.41, 5.74) is 1.12. The number of benzene rings is 1. The molecular formula is C17H18N2O4S. The van der Waals surface area contributed by atoms with Crippen LogP contribution in [0.3, 0.4) is 0 Å². The number of carbonyl (C=O) groups excluding carboxylic acids is 3. The first kappa shape index (κ1) is 17.7. The second-order valence-corrected chi connectivity index (χ2v) is 5.85. The zero-order valence-electron chi connectivity index (χ0n) is 13.0. The van der Waals surface area contributed by atoms with Gasteiger partial charge in [-0.1, -0.05) is 36.4 Å². The third kappa shape index (κ3) is 6.21. The third-order valence-electron chi connectivity index (χ3n) is 3.08. The number of nitrogens with one attached hydrogen (secondary N) is 2. The van der Waals surface area contributed by atoms with Crippen LogP contribution >= 0.6 is 11.3 Å². The molecule has 0 bridgehead atoms. The molecule has 2 amide bonds. The van der Waals surface area contributed by atoms with Crippen LogP contribution < -0.4 is 10.6 Å². The monoisotopic (exact) mass is 346 g/mol. The highest BCUT2D eigenvalue weighted by atomic mass is 32.1. The van der Waals surface area contributed by atoms with Gasteiger partial charge in [0, 0.05) is 6.54 Å². The molecule has 2 aromatic rings. The Morgan fingerprint density at radius 1 is 1.00 bits per heavy atom. The number of hydrogen-bond acceptors (Lipinski definition) is 5. The molecule has 1 aromatic heterocycles. The van der Waals surface area contributed by atoms with Crippen LogP contribution in [0.15, 0.2) is 47.8 Å². The van der Waals surface area contributed by atoms with Crippen LogP contribution in [0, 0.1) is 0 Å². The average molecular weight is 346 g/mol. The minimum Gasteiger partial charge on any atom is -0.454 e. The molecule has 126 valence electrons. The molecule has 7 heteroatoms. The quantitative estimate of drug-likeness (QED) is 0.707. The molecular weight excluding hydrogens is 328 g/mol. The summed E-state index contributed by atoms with van der Waals surface area (Å²) >= 11 is 1.28. The molecule has 6 nitrogen and oxygen atoms in total. The van der Waals surface area contributed by atoms with E-state index >= 15 is 0 Å². The van der Waals surface area contributed by atoms with Crippen molar-refractivity contribution in [2.24, 2.45) is 0 Å². The van der Waals surface area contributed by atoms with Crippen molar-refractivity contribution >= 4 is 29.1 Å². The number of carbonyl (C=O) groups is 3.